The lowest BCUT2D eigenvalue weighted by Crippen LogP contribution is -2.13. The van der Waals surface area contributed by atoms with Crippen LogP contribution in [0.2, 0.25) is 0 Å². The molecule has 0 aromatic carbocycles. The topological polar surface area (TPSA) is 56.0 Å². The van der Waals surface area contributed by atoms with Gasteiger partial charge in [-0.25, -0.2) is 0 Å². The van der Waals surface area contributed by atoms with E-state index in [1.165, 1.54) is 6.20 Å². The summed E-state index contributed by atoms with van der Waals surface area (Å²) in [5.41, 5.74) is 6.35. The van der Waals surface area contributed by atoms with Crippen LogP contribution in [0.1, 0.15) is 19.7 Å². The van der Waals surface area contributed by atoms with E-state index in [4.69, 9.17) is 5.73 Å². The van der Waals surface area contributed by atoms with E-state index in [0.29, 0.717) is 5.56 Å². The third-order valence-corrected chi connectivity index (χ3v) is 2.34. The Hall–Kier alpha value is -0.420. The molecule has 0 aliphatic carbocycles. The molecule has 64 valence electrons. The predicted octanol–water partition coefficient (Wildman–Crippen LogP) is 1.97. The van der Waals surface area contributed by atoms with Gasteiger partial charge in [-0.05, 0) is 11.6 Å². The number of carbonyl (C=O) groups excluding carboxylic acids is 1. The molecule has 0 atom stereocenters. The number of carbonyl (C=O) groups is 1. The summed E-state index contributed by atoms with van der Waals surface area (Å²) in [6.45, 7) is 0. The normalized spacial score (nSPS) is 10.2. The minimum absolute atomic E-state index is 0.0736. The summed E-state index contributed by atoms with van der Waals surface area (Å²) in [5.74, 6) is -0.470. The fourth-order valence-corrected chi connectivity index (χ4v) is 1.60. The maximum Gasteiger partial charge on any atom is 0.250 e. The van der Waals surface area contributed by atoms with E-state index < -0.39 is 5.91 Å². The Labute approximate surface area is 86.6 Å². The van der Waals surface area contributed by atoms with Gasteiger partial charge < -0.3 is 5.73 Å². The van der Waals surface area contributed by atoms with Gasteiger partial charge in [0, 0.05) is 12.4 Å². The zero-order valence-electron chi connectivity index (χ0n) is 6.00. The van der Waals surface area contributed by atoms with Gasteiger partial charge in [-0.2, -0.15) is 0 Å². The molecule has 1 rings (SSSR count). The number of amides is 1. The number of rotatable bonds is 2. The molecule has 0 bridgehead atoms. The number of alkyl halides is 2. The first-order valence-corrected chi connectivity index (χ1v) is 4.98. The van der Waals surface area contributed by atoms with Crippen molar-refractivity contribution in [3.63, 3.8) is 0 Å². The molecule has 1 amide bonds. The summed E-state index contributed by atoms with van der Waals surface area (Å²) in [4.78, 5) is 14.7. The summed E-state index contributed by atoms with van der Waals surface area (Å²) in [7, 11) is 0. The standard InChI is InChI=1S/C7H6Br2N2O/c8-6(9)4-1-2-11-3-5(4)7(10)12/h1-3,6H,(H2,10,12). The molecule has 0 aliphatic heterocycles. The molecular formula is C7H6Br2N2O. The van der Waals surface area contributed by atoms with Crippen molar-refractivity contribution in [2.75, 3.05) is 0 Å². The summed E-state index contributed by atoms with van der Waals surface area (Å²) in [6.07, 6.45) is 3.06. The van der Waals surface area contributed by atoms with E-state index in [0.717, 1.165) is 5.56 Å². The van der Waals surface area contributed by atoms with Crippen molar-refractivity contribution in [2.45, 2.75) is 3.74 Å². The average Bonchev–Trinajstić information content (AvgIpc) is 2.04. The summed E-state index contributed by atoms with van der Waals surface area (Å²) < 4.78 is -0.0736. The monoisotopic (exact) mass is 292 g/mol. The predicted molar refractivity (Wildman–Crippen MR) is 53.3 cm³/mol. The third kappa shape index (κ3) is 2.04. The second-order valence-electron chi connectivity index (χ2n) is 2.13. The number of hydrogen-bond donors (Lipinski definition) is 1. The van der Waals surface area contributed by atoms with E-state index >= 15 is 0 Å². The minimum atomic E-state index is -0.470. The molecule has 0 unspecified atom stereocenters. The fraction of sp³-hybridized carbons (Fsp3) is 0.143. The van der Waals surface area contributed by atoms with Crippen LogP contribution in [0.4, 0.5) is 0 Å². The smallest absolute Gasteiger partial charge is 0.250 e. The molecule has 0 saturated carbocycles. The zero-order chi connectivity index (χ0) is 9.14. The SMILES string of the molecule is NC(=O)c1cnccc1C(Br)Br. The number of nitrogens with two attached hydrogens (primary N) is 1. The van der Waals surface area contributed by atoms with Crippen LogP contribution < -0.4 is 5.73 Å². The maximum absolute atomic E-state index is 10.9. The van der Waals surface area contributed by atoms with Crippen LogP contribution in [0.3, 0.4) is 0 Å². The van der Waals surface area contributed by atoms with E-state index in [1.54, 1.807) is 12.3 Å². The molecule has 0 saturated heterocycles. The van der Waals surface area contributed by atoms with Crippen LogP contribution in [0.25, 0.3) is 0 Å². The Morgan fingerprint density at radius 3 is 2.67 bits per heavy atom. The summed E-state index contributed by atoms with van der Waals surface area (Å²) in [5, 5.41) is 0. The van der Waals surface area contributed by atoms with Crippen LogP contribution >= 0.6 is 31.9 Å². The van der Waals surface area contributed by atoms with Crippen LogP contribution in [-0.4, -0.2) is 10.9 Å². The molecule has 1 aromatic heterocycles. The van der Waals surface area contributed by atoms with Crippen LogP contribution in [0.15, 0.2) is 18.5 Å². The number of hydrogen-bond acceptors (Lipinski definition) is 2. The van der Waals surface area contributed by atoms with Crippen molar-refractivity contribution in [3.05, 3.63) is 29.6 Å². The molecule has 0 aliphatic rings. The Morgan fingerprint density at radius 2 is 2.25 bits per heavy atom. The first-order valence-electron chi connectivity index (χ1n) is 3.14. The molecule has 5 heteroatoms. The van der Waals surface area contributed by atoms with Gasteiger partial charge in [0.2, 0.25) is 0 Å². The van der Waals surface area contributed by atoms with Gasteiger partial charge in [0.25, 0.3) is 5.91 Å². The van der Waals surface area contributed by atoms with E-state index in [-0.39, 0.29) is 3.74 Å². The second kappa shape index (κ2) is 4.00. The minimum Gasteiger partial charge on any atom is -0.366 e. The van der Waals surface area contributed by atoms with Crippen molar-refractivity contribution in [2.24, 2.45) is 5.73 Å². The molecule has 0 radical (unpaired) electrons. The van der Waals surface area contributed by atoms with Crippen molar-refractivity contribution in [3.8, 4) is 0 Å². The molecule has 0 fully saturated rings. The van der Waals surface area contributed by atoms with Gasteiger partial charge in [0.1, 0.15) is 0 Å². The lowest BCUT2D eigenvalue weighted by molar-refractivity contribution is 0.0999. The molecule has 2 N–H and O–H groups in total. The maximum atomic E-state index is 10.9. The molecule has 12 heavy (non-hydrogen) atoms. The van der Waals surface area contributed by atoms with Gasteiger partial charge in [0.15, 0.2) is 0 Å². The highest BCUT2D eigenvalue weighted by Gasteiger charge is 2.12. The van der Waals surface area contributed by atoms with Gasteiger partial charge in [-0.3, -0.25) is 9.78 Å². The molecule has 1 aromatic rings. The van der Waals surface area contributed by atoms with Gasteiger partial charge >= 0.3 is 0 Å². The average molecular weight is 294 g/mol. The fourth-order valence-electron chi connectivity index (χ4n) is 0.801. The first-order chi connectivity index (χ1) is 5.63. The molecule has 1 heterocycles. The Bertz CT molecular complexity index is 301. The lowest BCUT2D eigenvalue weighted by Gasteiger charge is -2.05. The van der Waals surface area contributed by atoms with E-state index in [1.807, 2.05) is 0 Å². The van der Waals surface area contributed by atoms with Gasteiger partial charge in [-0.15, -0.1) is 0 Å². The highest BCUT2D eigenvalue weighted by molar-refractivity contribution is 9.24. The number of primary amides is 1. The van der Waals surface area contributed by atoms with Gasteiger partial charge in [0.05, 0.1) is 9.30 Å². The first kappa shape index (κ1) is 9.67. The lowest BCUT2D eigenvalue weighted by atomic mass is 10.1. The van der Waals surface area contributed by atoms with Crippen molar-refractivity contribution in [1.82, 2.24) is 4.98 Å². The van der Waals surface area contributed by atoms with Gasteiger partial charge in [-0.1, -0.05) is 31.9 Å². The highest BCUT2D eigenvalue weighted by atomic mass is 79.9. The highest BCUT2D eigenvalue weighted by Crippen LogP contribution is 2.30. The molecule has 3 nitrogen and oxygen atoms in total. The van der Waals surface area contributed by atoms with Crippen molar-refractivity contribution < 1.29 is 4.79 Å². The molecule has 0 spiro atoms. The number of pyridine rings is 1. The van der Waals surface area contributed by atoms with Crippen LogP contribution in [0, 0.1) is 0 Å². The van der Waals surface area contributed by atoms with Crippen molar-refractivity contribution in [1.29, 1.82) is 0 Å². The Kier molecular flexibility index (Phi) is 3.22. The van der Waals surface area contributed by atoms with Crippen LogP contribution in [0.5, 0.6) is 0 Å². The number of aromatic nitrogens is 1. The van der Waals surface area contributed by atoms with Crippen LogP contribution in [-0.2, 0) is 0 Å². The third-order valence-electron chi connectivity index (χ3n) is 1.36. The van der Waals surface area contributed by atoms with Crippen molar-refractivity contribution >= 4 is 37.8 Å². The number of halogens is 2. The zero-order valence-corrected chi connectivity index (χ0v) is 9.17. The summed E-state index contributed by atoms with van der Waals surface area (Å²) >= 11 is 6.57. The largest absolute Gasteiger partial charge is 0.366 e. The quantitative estimate of drug-likeness (QED) is 0.848. The second-order valence-corrected chi connectivity index (χ2v) is 5.19. The number of nitrogens with zero attached hydrogens (tertiary/aromatic N) is 1. The Balaban J connectivity index is 3.17. The molecular weight excluding hydrogens is 288 g/mol. The summed E-state index contributed by atoms with van der Waals surface area (Å²) in [6, 6.07) is 1.73. The van der Waals surface area contributed by atoms with E-state index in [9.17, 15) is 4.79 Å². The van der Waals surface area contributed by atoms with E-state index in [2.05, 4.69) is 36.8 Å². The Morgan fingerprint density at radius 1 is 1.58 bits per heavy atom.